The Balaban J connectivity index is 1.73. The van der Waals surface area contributed by atoms with E-state index in [9.17, 15) is 0 Å². The lowest BCUT2D eigenvalue weighted by molar-refractivity contribution is -0.0652. The molecule has 0 radical (unpaired) electrons. The molecule has 3 heterocycles. The fraction of sp³-hybridized carbons (Fsp3) is 0.706. The summed E-state index contributed by atoms with van der Waals surface area (Å²) >= 11 is 0. The second-order valence-corrected chi connectivity index (χ2v) is 6.33. The van der Waals surface area contributed by atoms with Gasteiger partial charge in [0.1, 0.15) is 0 Å². The third-order valence-corrected chi connectivity index (χ3v) is 4.70. The van der Waals surface area contributed by atoms with Gasteiger partial charge >= 0.3 is 0 Å². The van der Waals surface area contributed by atoms with Crippen molar-refractivity contribution in [3.63, 3.8) is 0 Å². The first kappa shape index (κ1) is 14.9. The van der Waals surface area contributed by atoms with E-state index in [1.807, 2.05) is 13.1 Å². The maximum atomic E-state index is 6.20. The molecule has 4 heteroatoms. The van der Waals surface area contributed by atoms with Gasteiger partial charge in [0, 0.05) is 24.5 Å². The zero-order valence-electron chi connectivity index (χ0n) is 13.2. The number of aromatic nitrogens is 1. The minimum atomic E-state index is 0.232. The van der Waals surface area contributed by atoms with Crippen LogP contribution >= 0.6 is 0 Å². The molecular weight excluding hydrogens is 262 g/mol. The Morgan fingerprint density at radius 1 is 1.48 bits per heavy atom. The number of aryl methyl sites for hydroxylation is 1. The van der Waals surface area contributed by atoms with Crippen LogP contribution in [0.4, 0.5) is 0 Å². The third kappa shape index (κ3) is 3.44. The van der Waals surface area contributed by atoms with Crippen LogP contribution in [0.15, 0.2) is 18.3 Å². The quantitative estimate of drug-likeness (QED) is 0.902. The molecule has 1 aromatic heterocycles. The molecule has 2 saturated heterocycles. The van der Waals surface area contributed by atoms with Crippen LogP contribution in [0.3, 0.4) is 0 Å². The number of pyridine rings is 1. The normalized spacial score (nSPS) is 27.5. The van der Waals surface area contributed by atoms with Gasteiger partial charge < -0.3 is 10.1 Å². The van der Waals surface area contributed by atoms with E-state index in [1.54, 1.807) is 0 Å². The lowest BCUT2D eigenvalue weighted by Crippen LogP contribution is -2.50. The smallest absolute Gasteiger partial charge is 0.0897 e. The Kier molecular flexibility index (Phi) is 4.88. The molecule has 1 N–H and O–H groups in total. The van der Waals surface area contributed by atoms with E-state index in [2.05, 4.69) is 34.3 Å². The minimum absolute atomic E-state index is 0.232. The fourth-order valence-electron chi connectivity index (χ4n) is 3.47. The van der Waals surface area contributed by atoms with Crippen molar-refractivity contribution in [1.82, 2.24) is 15.2 Å². The summed E-state index contributed by atoms with van der Waals surface area (Å²) in [6, 6.07) is 5.19. The number of nitrogens with zero attached hydrogens (tertiary/aromatic N) is 2. The molecule has 2 aliphatic heterocycles. The van der Waals surface area contributed by atoms with Gasteiger partial charge in [-0.05, 0) is 50.9 Å². The minimum Gasteiger partial charge on any atom is -0.373 e. The van der Waals surface area contributed by atoms with Gasteiger partial charge in [-0.15, -0.1) is 0 Å². The zero-order chi connectivity index (χ0) is 14.7. The maximum absolute atomic E-state index is 6.20. The first-order valence-corrected chi connectivity index (χ1v) is 8.29. The average molecular weight is 289 g/mol. The summed E-state index contributed by atoms with van der Waals surface area (Å²) in [7, 11) is 0. The van der Waals surface area contributed by atoms with Crippen molar-refractivity contribution < 1.29 is 4.74 Å². The van der Waals surface area contributed by atoms with Gasteiger partial charge in [-0.3, -0.25) is 9.88 Å². The van der Waals surface area contributed by atoms with Crippen molar-refractivity contribution in [2.45, 2.75) is 51.3 Å². The van der Waals surface area contributed by atoms with Gasteiger partial charge in [0.2, 0.25) is 0 Å². The summed E-state index contributed by atoms with van der Waals surface area (Å²) in [5, 5.41) is 3.66. The Hall–Kier alpha value is -0.970. The highest BCUT2D eigenvalue weighted by Crippen LogP contribution is 2.28. The van der Waals surface area contributed by atoms with Gasteiger partial charge in [-0.1, -0.05) is 13.0 Å². The van der Waals surface area contributed by atoms with E-state index in [0.717, 1.165) is 31.8 Å². The molecule has 2 fully saturated rings. The molecule has 0 bridgehead atoms. The standard InChI is InChI=1S/C17H27N3O/c1-3-8-18-17(14-7-6-13(2)19-10-14)16-11-20-9-4-5-15(20)12-21-16/h6-7,10,15-18H,3-5,8-9,11-12H2,1-2H3. The summed E-state index contributed by atoms with van der Waals surface area (Å²) in [5.74, 6) is 0. The Bertz CT molecular complexity index is 448. The van der Waals surface area contributed by atoms with Gasteiger partial charge in [0.25, 0.3) is 0 Å². The van der Waals surface area contributed by atoms with Crippen molar-refractivity contribution in [3.05, 3.63) is 29.6 Å². The van der Waals surface area contributed by atoms with E-state index in [0.29, 0.717) is 6.04 Å². The molecule has 21 heavy (non-hydrogen) atoms. The molecule has 0 spiro atoms. The van der Waals surface area contributed by atoms with Gasteiger partial charge in [0.15, 0.2) is 0 Å². The first-order valence-electron chi connectivity index (χ1n) is 8.29. The lowest BCUT2D eigenvalue weighted by atomic mass is 10.00. The van der Waals surface area contributed by atoms with E-state index in [-0.39, 0.29) is 12.1 Å². The van der Waals surface area contributed by atoms with Crippen molar-refractivity contribution >= 4 is 0 Å². The summed E-state index contributed by atoms with van der Waals surface area (Å²) in [6.45, 7) is 8.41. The number of morpholine rings is 1. The molecule has 3 atom stereocenters. The Morgan fingerprint density at radius 2 is 2.38 bits per heavy atom. The summed E-state index contributed by atoms with van der Waals surface area (Å²) < 4.78 is 6.20. The van der Waals surface area contributed by atoms with Crippen LogP contribution in [0.25, 0.3) is 0 Å². The molecule has 4 nitrogen and oxygen atoms in total. The van der Waals surface area contributed by atoms with Crippen LogP contribution in [0, 0.1) is 6.92 Å². The molecule has 1 aromatic rings. The van der Waals surface area contributed by atoms with Gasteiger partial charge in [0.05, 0.1) is 18.8 Å². The van der Waals surface area contributed by atoms with Crippen LogP contribution in [0.5, 0.6) is 0 Å². The van der Waals surface area contributed by atoms with Crippen molar-refractivity contribution in [2.24, 2.45) is 0 Å². The van der Waals surface area contributed by atoms with Crippen molar-refractivity contribution in [3.8, 4) is 0 Å². The number of hydrogen-bond donors (Lipinski definition) is 1. The molecule has 0 aliphatic carbocycles. The molecule has 116 valence electrons. The molecule has 0 aromatic carbocycles. The molecule has 2 aliphatic rings. The zero-order valence-corrected chi connectivity index (χ0v) is 13.2. The molecule has 3 rings (SSSR count). The van der Waals surface area contributed by atoms with Crippen LogP contribution < -0.4 is 5.32 Å². The van der Waals surface area contributed by atoms with Gasteiger partial charge in [-0.2, -0.15) is 0 Å². The molecular formula is C17H27N3O. The Morgan fingerprint density at radius 3 is 3.14 bits per heavy atom. The summed E-state index contributed by atoms with van der Waals surface area (Å²) in [4.78, 5) is 7.07. The highest BCUT2D eigenvalue weighted by molar-refractivity contribution is 5.19. The number of rotatable bonds is 5. The third-order valence-electron chi connectivity index (χ3n) is 4.70. The number of nitrogens with one attached hydrogen (secondary N) is 1. The second-order valence-electron chi connectivity index (χ2n) is 6.33. The van der Waals surface area contributed by atoms with Crippen LogP contribution in [-0.4, -0.2) is 48.3 Å². The number of hydrogen-bond acceptors (Lipinski definition) is 4. The largest absolute Gasteiger partial charge is 0.373 e. The SMILES string of the molecule is CCCNC(c1ccc(C)nc1)C1CN2CCCC2CO1. The lowest BCUT2D eigenvalue weighted by Gasteiger charge is -2.39. The van der Waals surface area contributed by atoms with Crippen LogP contribution in [0.2, 0.25) is 0 Å². The molecule has 3 unspecified atom stereocenters. The second kappa shape index (κ2) is 6.86. The van der Waals surface area contributed by atoms with Crippen molar-refractivity contribution in [2.75, 3.05) is 26.2 Å². The van der Waals surface area contributed by atoms with E-state index < -0.39 is 0 Å². The van der Waals surface area contributed by atoms with Crippen LogP contribution in [-0.2, 0) is 4.74 Å². The fourth-order valence-corrected chi connectivity index (χ4v) is 3.47. The van der Waals surface area contributed by atoms with Crippen LogP contribution in [0.1, 0.15) is 43.5 Å². The topological polar surface area (TPSA) is 37.4 Å². The highest BCUT2D eigenvalue weighted by atomic mass is 16.5. The van der Waals surface area contributed by atoms with E-state index >= 15 is 0 Å². The van der Waals surface area contributed by atoms with Gasteiger partial charge in [-0.25, -0.2) is 0 Å². The predicted molar refractivity (Wildman–Crippen MR) is 84.3 cm³/mol. The van der Waals surface area contributed by atoms with E-state index in [1.165, 1.54) is 24.9 Å². The number of fused-ring (bicyclic) bond motifs is 1. The number of ether oxygens (including phenoxy) is 1. The highest BCUT2D eigenvalue weighted by Gasteiger charge is 2.36. The maximum Gasteiger partial charge on any atom is 0.0897 e. The Labute approximate surface area is 127 Å². The molecule has 0 saturated carbocycles. The molecule has 0 amide bonds. The van der Waals surface area contributed by atoms with Crippen molar-refractivity contribution in [1.29, 1.82) is 0 Å². The monoisotopic (exact) mass is 289 g/mol. The summed E-state index contributed by atoms with van der Waals surface area (Å²) in [6.07, 6.45) is 5.98. The first-order chi connectivity index (χ1) is 10.3. The predicted octanol–water partition coefficient (Wildman–Crippen LogP) is 2.29. The van der Waals surface area contributed by atoms with E-state index in [4.69, 9.17) is 4.74 Å². The summed E-state index contributed by atoms with van der Waals surface area (Å²) in [5.41, 5.74) is 2.31. The average Bonchev–Trinajstić information content (AvgIpc) is 2.97.